The number of rotatable bonds is 7. The first-order valence-corrected chi connectivity index (χ1v) is 6.82. The van der Waals surface area contributed by atoms with Gasteiger partial charge in [-0.25, -0.2) is 5.01 Å². The number of unbranched alkanes of at least 4 members (excludes halogenated alkanes) is 1. The molecule has 0 aliphatic heterocycles. The molecule has 1 aliphatic rings. The molecule has 0 amide bonds. The summed E-state index contributed by atoms with van der Waals surface area (Å²) in [6.45, 7) is 6.67. The lowest BCUT2D eigenvalue weighted by Crippen LogP contribution is -2.43. The second-order valence-corrected chi connectivity index (χ2v) is 4.67. The Labute approximate surface area is 95.4 Å². The van der Waals surface area contributed by atoms with Gasteiger partial charge in [-0.3, -0.25) is 0 Å². The summed E-state index contributed by atoms with van der Waals surface area (Å²) in [4.78, 5) is 0. The van der Waals surface area contributed by atoms with Gasteiger partial charge < -0.3 is 0 Å². The molecular weight excluding hydrogens is 184 g/mol. The molecule has 0 unspecified atom stereocenters. The van der Waals surface area contributed by atoms with Crippen LogP contribution in [-0.4, -0.2) is 24.1 Å². The van der Waals surface area contributed by atoms with Crippen LogP contribution in [0, 0.1) is 0 Å². The Balaban J connectivity index is 2.30. The van der Waals surface area contributed by atoms with Crippen LogP contribution in [-0.2, 0) is 0 Å². The van der Waals surface area contributed by atoms with E-state index in [2.05, 4.69) is 18.9 Å². The molecule has 0 bridgehead atoms. The fourth-order valence-corrected chi connectivity index (χ4v) is 2.30. The number of hydrogen-bond donors (Lipinski definition) is 0. The fraction of sp³-hybridized carbons (Fsp3) is 1.00. The third-order valence-corrected chi connectivity index (χ3v) is 3.24. The van der Waals surface area contributed by atoms with Gasteiger partial charge in [-0.2, -0.15) is 5.43 Å². The molecule has 1 saturated carbocycles. The highest BCUT2D eigenvalue weighted by atomic mass is 15.5. The Bertz CT molecular complexity index is 133. The first kappa shape index (κ1) is 13.0. The molecule has 0 aromatic heterocycles. The molecule has 0 atom stereocenters. The molecule has 15 heavy (non-hydrogen) atoms. The Morgan fingerprint density at radius 3 is 2.40 bits per heavy atom. The van der Waals surface area contributed by atoms with E-state index in [1.165, 1.54) is 57.9 Å². The van der Waals surface area contributed by atoms with Gasteiger partial charge in [-0.15, -0.1) is 0 Å². The van der Waals surface area contributed by atoms with E-state index in [1.807, 2.05) is 0 Å². The summed E-state index contributed by atoms with van der Waals surface area (Å²) in [7, 11) is 0. The van der Waals surface area contributed by atoms with Crippen molar-refractivity contribution in [2.24, 2.45) is 0 Å². The van der Waals surface area contributed by atoms with Crippen LogP contribution in [0.15, 0.2) is 0 Å². The molecule has 2 nitrogen and oxygen atoms in total. The summed E-state index contributed by atoms with van der Waals surface area (Å²) in [6.07, 6.45) is 10.8. The van der Waals surface area contributed by atoms with Gasteiger partial charge in [0.1, 0.15) is 0 Å². The molecule has 1 rings (SSSR count). The van der Waals surface area contributed by atoms with Crippen molar-refractivity contribution in [3.63, 3.8) is 0 Å². The van der Waals surface area contributed by atoms with Crippen molar-refractivity contribution < 1.29 is 0 Å². The van der Waals surface area contributed by atoms with E-state index in [4.69, 9.17) is 5.43 Å². The zero-order chi connectivity index (χ0) is 10.9. The van der Waals surface area contributed by atoms with Crippen molar-refractivity contribution in [2.75, 3.05) is 13.1 Å². The zero-order valence-corrected chi connectivity index (χ0v) is 10.5. The molecule has 1 radical (unpaired) electrons. The van der Waals surface area contributed by atoms with Crippen LogP contribution in [0.4, 0.5) is 0 Å². The van der Waals surface area contributed by atoms with Crippen molar-refractivity contribution >= 4 is 0 Å². The van der Waals surface area contributed by atoms with E-state index < -0.39 is 0 Å². The van der Waals surface area contributed by atoms with Crippen molar-refractivity contribution in [3.8, 4) is 0 Å². The van der Waals surface area contributed by atoms with E-state index in [0.717, 1.165) is 12.6 Å². The standard InChI is InChI=1S/C13H27N2/c1-3-5-12-15(14-11-4-2)13-9-7-6-8-10-13/h13H,3-12H2,1-2H3. The summed E-state index contributed by atoms with van der Waals surface area (Å²) in [5, 5.41) is 2.41. The Kier molecular flexibility index (Phi) is 7.03. The first-order valence-electron chi connectivity index (χ1n) is 6.82. The van der Waals surface area contributed by atoms with Gasteiger partial charge in [-0.1, -0.05) is 39.5 Å². The first-order chi connectivity index (χ1) is 7.38. The molecule has 0 aromatic carbocycles. The molecular formula is C13H27N2. The molecule has 2 heteroatoms. The largest absolute Gasteiger partial charge is 0.224 e. The SMILES string of the molecule is CCCCN([N]CCC)C1CCCCC1. The molecule has 1 aliphatic carbocycles. The molecule has 0 spiro atoms. The van der Waals surface area contributed by atoms with Crippen molar-refractivity contribution in [3.05, 3.63) is 0 Å². The second kappa shape index (κ2) is 8.12. The summed E-state index contributed by atoms with van der Waals surface area (Å²) >= 11 is 0. The summed E-state index contributed by atoms with van der Waals surface area (Å²) < 4.78 is 0. The molecule has 1 fully saturated rings. The lowest BCUT2D eigenvalue weighted by Gasteiger charge is -2.33. The van der Waals surface area contributed by atoms with Gasteiger partial charge in [0.15, 0.2) is 0 Å². The van der Waals surface area contributed by atoms with Gasteiger partial charge in [0.05, 0.1) is 0 Å². The zero-order valence-electron chi connectivity index (χ0n) is 10.5. The third kappa shape index (κ3) is 4.98. The van der Waals surface area contributed by atoms with E-state index in [1.54, 1.807) is 0 Å². The van der Waals surface area contributed by atoms with E-state index in [0.29, 0.717) is 0 Å². The molecule has 0 aromatic rings. The minimum Gasteiger partial charge on any atom is -0.224 e. The molecule has 0 saturated heterocycles. The third-order valence-electron chi connectivity index (χ3n) is 3.24. The number of nitrogens with zero attached hydrogens (tertiary/aromatic N) is 2. The Morgan fingerprint density at radius 2 is 1.80 bits per heavy atom. The van der Waals surface area contributed by atoms with Crippen LogP contribution in [0.5, 0.6) is 0 Å². The minimum atomic E-state index is 0.761. The monoisotopic (exact) mass is 211 g/mol. The van der Waals surface area contributed by atoms with Crippen LogP contribution in [0.2, 0.25) is 0 Å². The lowest BCUT2D eigenvalue weighted by molar-refractivity contribution is 0.0878. The quantitative estimate of drug-likeness (QED) is 0.590. The molecule has 0 N–H and O–H groups in total. The summed E-state index contributed by atoms with van der Waals surface area (Å²) in [5.74, 6) is 0. The topological polar surface area (TPSA) is 17.3 Å². The van der Waals surface area contributed by atoms with Crippen molar-refractivity contribution in [1.29, 1.82) is 0 Å². The van der Waals surface area contributed by atoms with Crippen LogP contribution >= 0.6 is 0 Å². The normalized spacial score (nSPS) is 18.6. The average molecular weight is 211 g/mol. The van der Waals surface area contributed by atoms with E-state index >= 15 is 0 Å². The van der Waals surface area contributed by atoms with Gasteiger partial charge in [0.25, 0.3) is 0 Å². The lowest BCUT2D eigenvalue weighted by atomic mass is 9.95. The van der Waals surface area contributed by atoms with Crippen molar-refractivity contribution in [2.45, 2.75) is 71.3 Å². The summed E-state index contributed by atoms with van der Waals surface area (Å²) in [6, 6.07) is 0.761. The van der Waals surface area contributed by atoms with Gasteiger partial charge in [0.2, 0.25) is 0 Å². The highest BCUT2D eigenvalue weighted by molar-refractivity contribution is 4.73. The highest BCUT2D eigenvalue weighted by Gasteiger charge is 2.20. The number of hydrogen-bond acceptors (Lipinski definition) is 1. The predicted molar refractivity (Wildman–Crippen MR) is 65.8 cm³/mol. The molecule has 89 valence electrons. The average Bonchev–Trinajstić information content (AvgIpc) is 2.30. The minimum absolute atomic E-state index is 0.761. The molecule has 0 heterocycles. The van der Waals surface area contributed by atoms with Gasteiger partial charge >= 0.3 is 0 Å². The Morgan fingerprint density at radius 1 is 1.07 bits per heavy atom. The highest BCUT2D eigenvalue weighted by Crippen LogP contribution is 2.22. The van der Waals surface area contributed by atoms with Gasteiger partial charge in [-0.05, 0) is 25.7 Å². The second-order valence-electron chi connectivity index (χ2n) is 4.67. The van der Waals surface area contributed by atoms with E-state index in [9.17, 15) is 0 Å². The van der Waals surface area contributed by atoms with Crippen LogP contribution < -0.4 is 5.43 Å². The maximum absolute atomic E-state index is 4.74. The summed E-state index contributed by atoms with van der Waals surface area (Å²) in [5.41, 5.74) is 4.74. The van der Waals surface area contributed by atoms with E-state index in [-0.39, 0.29) is 0 Å². The predicted octanol–water partition coefficient (Wildman–Crippen LogP) is 3.35. The van der Waals surface area contributed by atoms with Crippen LogP contribution in [0.3, 0.4) is 0 Å². The Hall–Kier alpha value is -0.0800. The maximum atomic E-state index is 4.74. The maximum Gasteiger partial charge on any atom is 0.0304 e. The fourth-order valence-electron chi connectivity index (χ4n) is 2.30. The van der Waals surface area contributed by atoms with Crippen molar-refractivity contribution in [1.82, 2.24) is 10.4 Å². The van der Waals surface area contributed by atoms with Crippen LogP contribution in [0.25, 0.3) is 0 Å². The van der Waals surface area contributed by atoms with Gasteiger partial charge in [0, 0.05) is 19.1 Å². The smallest absolute Gasteiger partial charge is 0.0304 e. The van der Waals surface area contributed by atoms with Crippen LogP contribution in [0.1, 0.15) is 65.2 Å².